The van der Waals surface area contributed by atoms with E-state index >= 15 is 0 Å². The van der Waals surface area contributed by atoms with E-state index in [0.29, 0.717) is 6.61 Å². The maximum Gasteiger partial charge on any atom is 0.333 e. The molecule has 192 valence electrons. The van der Waals surface area contributed by atoms with E-state index in [0.717, 1.165) is 50.1 Å². The molecule has 1 unspecified atom stereocenters. The van der Waals surface area contributed by atoms with E-state index in [-0.39, 0.29) is 23.1 Å². The fraction of sp³-hybridized carbons (Fsp3) is 0.581. The predicted molar refractivity (Wildman–Crippen MR) is 150 cm³/mol. The summed E-state index contributed by atoms with van der Waals surface area (Å²) >= 11 is 0. The van der Waals surface area contributed by atoms with Gasteiger partial charge in [0.25, 0.3) is 0 Å². The van der Waals surface area contributed by atoms with Gasteiger partial charge in [-0.25, -0.2) is 4.79 Å². The standard InChI is InChI=1S/C31H46O3Si/c1-8-33-29(32)26-15-12-20-30(3,27(26)23-35(5,6)7)21-18-24(2)16-17-28-31(4,34-28)22-19-25-13-10-9-11-14-25/h9-11,13-14,18-19,22,28H,8,12,15-17,20-21,23H2,1-7H3/b22-19-,24-18+/t28?,30-,31+/m1/s1. The average molecular weight is 495 g/mol. The van der Waals surface area contributed by atoms with Crippen LogP contribution in [0.2, 0.25) is 25.7 Å². The van der Waals surface area contributed by atoms with E-state index in [1.54, 1.807) is 0 Å². The third-order valence-electron chi connectivity index (χ3n) is 7.56. The molecule has 0 spiro atoms. The minimum atomic E-state index is -1.38. The van der Waals surface area contributed by atoms with Gasteiger partial charge in [0.2, 0.25) is 0 Å². The first-order chi connectivity index (χ1) is 16.5. The van der Waals surface area contributed by atoms with Gasteiger partial charge in [0.1, 0.15) is 5.60 Å². The van der Waals surface area contributed by atoms with E-state index in [9.17, 15) is 4.79 Å². The molecule has 0 saturated carbocycles. The molecular weight excluding hydrogens is 448 g/mol. The molecule has 0 radical (unpaired) electrons. The Morgan fingerprint density at radius 1 is 1.20 bits per heavy atom. The number of hydrogen-bond acceptors (Lipinski definition) is 3. The van der Waals surface area contributed by atoms with Crippen LogP contribution in [0.5, 0.6) is 0 Å². The fourth-order valence-corrected chi connectivity index (χ4v) is 6.99. The van der Waals surface area contributed by atoms with Crippen LogP contribution < -0.4 is 0 Å². The van der Waals surface area contributed by atoms with E-state index < -0.39 is 8.07 Å². The van der Waals surface area contributed by atoms with Gasteiger partial charge >= 0.3 is 5.97 Å². The highest BCUT2D eigenvalue weighted by molar-refractivity contribution is 6.76. The van der Waals surface area contributed by atoms with Crippen molar-refractivity contribution in [2.45, 2.75) is 104 Å². The van der Waals surface area contributed by atoms with Gasteiger partial charge in [-0.2, -0.15) is 0 Å². The molecule has 0 amide bonds. The summed E-state index contributed by atoms with van der Waals surface area (Å²) in [5.74, 6) is -0.0823. The summed E-state index contributed by atoms with van der Waals surface area (Å²) in [6, 6.07) is 11.5. The van der Waals surface area contributed by atoms with Crippen LogP contribution in [0.25, 0.3) is 6.08 Å². The minimum Gasteiger partial charge on any atom is -0.463 e. The molecule has 1 aliphatic heterocycles. The third-order valence-corrected chi connectivity index (χ3v) is 8.98. The van der Waals surface area contributed by atoms with Crippen molar-refractivity contribution in [2.24, 2.45) is 5.41 Å². The number of benzene rings is 1. The van der Waals surface area contributed by atoms with Crippen molar-refractivity contribution in [2.75, 3.05) is 6.61 Å². The smallest absolute Gasteiger partial charge is 0.333 e. The lowest BCUT2D eigenvalue weighted by Crippen LogP contribution is -2.32. The molecule has 1 saturated heterocycles. The maximum atomic E-state index is 12.8. The second-order valence-corrected chi connectivity index (χ2v) is 17.6. The van der Waals surface area contributed by atoms with Crippen molar-refractivity contribution >= 4 is 20.1 Å². The zero-order valence-corrected chi connectivity index (χ0v) is 24.1. The average Bonchev–Trinajstić information content (AvgIpc) is 3.46. The molecule has 0 aromatic heterocycles. The highest BCUT2D eigenvalue weighted by atomic mass is 28.3. The summed E-state index contributed by atoms with van der Waals surface area (Å²) in [4.78, 5) is 12.8. The SMILES string of the molecule is CCOC(=O)C1=C(C[Si](C)(C)C)[C@@](C)(C/C=C(\C)CCC2O[C@@]2(C)/C=C\c2ccccc2)CCC1. The monoisotopic (exact) mass is 494 g/mol. The van der Waals surface area contributed by atoms with Gasteiger partial charge in [-0.1, -0.05) is 80.2 Å². The van der Waals surface area contributed by atoms with Crippen molar-refractivity contribution in [3.63, 3.8) is 0 Å². The molecule has 4 heteroatoms. The number of ether oxygens (including phenoxy) is 2. The quantitative estimate of drug-likeness (QED) is 0.134. The molecule has 1 aromatic carbocycles. The Hall–Kier alpha value is -1.91. The van der Waals surface area contributed by atoms with Gasteiger partial charge in [-0.15, -0.1) is 0 Å². The number of hydrogen-bond donors (Lipinski definition) is 0. The largest absolute Gasteiger partial charge is 0.463 e. The molecule has 1 aliphatic carbocycles. The van der Waals surface area contributed by atoms with Crippen molar-refractivity contribution in [3.05, 3.63) is 64.8 Å². The van der Waals surface area contributed by atoms with Crippen molar-refractivity contribution < 1.29 is 14.3 Å². The normalized spacial score (nSPS) is 27.4. The summed E-state index contributed by atoms with van der Waals surface area (Å²) in [6.45, 7) is 16.4. The van der Waals surface area contributed by atoms with Crippen LogP contribution in [0.15, 0.2) is 59.2 Å². The molecule has 0 bridgehead atoms. The zero-order valence-electron chi connectivity index (χ0n) is 23.1. The maximum absolute atomic E-state index is 12.8. The Balaban J connectivity index is 1.63. The van der Waals surface area contributed by atoms with Gasteiger partial charge in [-0.05, 0) is 82.4 Å². The van der Waals surface area contributed by atoms with Crippen LogP contribution >= 0.6 is 0 Å². The van der Waals surface area contributed by atoms with Gasteiger partial charge in [0.05, 0.1) is 12.7 Å². The number of esters is 1. The van der Waals surface area contributed by atoms with Crippen LogP contribution in [-0.4, -0.2) is 32.4 Å². The van der Waals surface area contributed by atoms with Crippen LogP contribution in [-0.2, 0) is 14.3 Å². The van der Waals surface area contributed by atoms with Gasteiger partial charge in [0.15, 0.2) is 0 Å². The molecular formula is C31H46O3Si. The van der Waals surface area contributed by atoms with Gasteiger partial charge in [-0.3, -0.25) is 0 Å². The molecule has 1 heterocycles. The molecule has 1 aromatic rings. The van der Waals surface area contributed by atoms with Crippen LogP contribution in [0.3, 0.4) is 0 Å². The Labute approximate surface area is 214 Å². The molecule has 1 fully saturated rings. The molecule has 0 N–H and O–H groups in total. The molecule has 35 heavy (non-hydrogen) atoms. The lowest BCUT2D eigenvalue weighted by atomic mass is 9.69. The van der Waals surface area contributed by atoms with Crippen LogP contribution in [0.4, 0.5) is 0 Å². The lowest BCUT2D eigenvalue weighted by Gasteiger charge is -2.40. The third kappa shape index (κ3) is 7.78. The first kappa shape index (κ1) is 27.7. The summed E-state index contributed by atoms with van der Waals surface area (Å²) in [5, 5.41) is 0. The Bertz CT molecular complexity index is 969. The van der Waals surface area contributed by atoms with Crippen molar-refractivity contribution in [1.29, 1.82) is 0 Å². The predicted octanol–water partition coefficient (Wildman–Crippen LogP) is 8.36. The number of carbonyl (C=O) groups is 1. The first-order valence-electron chi connectivity index (χ1n) is 13.4. The number of rotatable bonds is 11. The molecule has 2 aliphatic rings. The first-order valence-corrected chi connectivity index (χ1v) is 17.1. The van der Waals surface area contributed by atoms with Crippen molar-refractivity contribution in [3.8, 4) is 0 Å². The van der Waals surface area contributed by atoms with Gasteiger partial charge in [0, 0.05) is 13.6 Å². The highest BCUT2D eigenvalue weighted by Crippen LogP contribution is 2.48. The highest BCUT2D eigenvalue weighted by Gasteiger charge is 2.49. The Morgan fingerprint density at radius 2 is 1.91 bits per heavy atom. The van der Waals surface area contributed by atoms with Crippen LogP contribution in [0.1, 0.15) is 71.8 Å². The van der Waals surface area contributed by atoms with Crippen LogP contribution in [0, 0.1) is 5.41 Å². The Morgan fingerprint density at radius 3 is 2.57 bits per heavy atom. The van der Waals surface area contributed by atoms with E-state index in [2.05, 4.69) is 82.9 Å². The number of carbonyl (C=O) groups excluding carboxylic acids is 1. The topological polar surface area (TPSA) is 38.8 Å². The second kappa shape index (κ2) is 11.4. The minimum absolute atomic E-state index is 0.0465. The summed E-state index contributed by atoms with van der Waals surface area (Å²) in [5.41, 5.74) is 4.89. The second-order valence-electron chi connectivity index (χ2n) is 12.2. The van der Waals surface area contributed by atoms with E-state index in [4.69, 9.17) is 9.47 Å². The summed E-state index contributed by atoms with van der Waals surface area (Å²) in [6.07, 6.45) is 13.3. The Kier molecular flexibility index (Phi) is 9.04. The summed E-state index contributed by atoms with van der Waals surface area (Å²) < 4.78 is 11.5. The van der Waals surface area contributed by atoms with Crippen molar-refractivity contribution in [1.82, 2.24) is 0 Å². The number of allylic oxidation sites excluding steroid dienone is 3. The molecule has 3 rings (SSSR count). The number of epoxide rings is 1. The lowest BCUT2D eigenvalue weighted by molar-refractivity contribution is -0.139. The van der Waals surface area contributed by atoms with E-state index in [1.165, 1.54) is 16.7 Å². The zero-order chi connectivity index (χ0) is 25.7. The molecule has 3 atom stereocenters. The van der Waals surface area contributed by atoms with E-state index in [1.807, 2.05) is 13.0 Å². The molecule has 3 nitrogen and oxygen atoms in total. The fourth-order valence-electron chi connectivity index (χ4n) is 5.29. The summed E-state index contributed by atoms with van der Waals surface area (Å²) in [7, 11) is -1.38. The van der Waals surface area contributed by atoms with Gasteiger partial charge < -0.3 is 9.47 Å².